The number of nitrogens with zero attached hydrogens (tertiary/aromatic N) is 2. The first-order valence-electron chi connectivity index (χ1n) is 5.60. The fourth-order valence-electron chi connectivity index (χ4n) is 2.01. The first kappa shape index (κ1) is 12.6. The molecule has 0 atom stereocenters. The van der Waals surface area contributed by atoms with Crippen molar-refractivity contribution in [3.8, 4) is 0 Å². The highest BCUT2D eigenvalue weighted by Gasteiger charge is 2.37. The van der Waals surface area contributed by atoms with Gasteiger partial charge in [-0.3, -0.25) is 0 Å². The Hall–Kier alpha value is -0.850. The van der Waals surface area contributed by atoms with Gasteiger partial charge < -0.3 is 5.32 Å². The van der Waals surface area contributed by atoms with E-state index in [0.29, 0.717) is 6.54 Å². The van der Waals surface area contributed by atoms with E-state index in [0.717, 1.165) is 30.8 Å². The molecule has 2 rings (SSSR count). The van der Waals surface area contributed by atoms with Crippen molar-refractivity contribution in [1.29, 1.82) is 0 Å². The van der Waals surface area contributed by atoms with Crippen molar-refractivity contribution in [1.82, 2.24) is 9.36 Å². The fourth-order valence-corrected chi connectivity index (χ4v) is 2.59. The van der Waals surface area contributed by atoms with Crippen LogP contribution in [0.2, 0.25) is 0 Å². The second-order valence-corrected chi connectivity index (χ2v) is 5.23. The summed E-state index contributed by atoms with van der Waals surface area (Å²) in [6.07, 6.45) is 0.0859. The lowest BCUT2D eigenvalue weighted by molar-refractivity contribution is -0.144. The van der Waals surface area contributed by atoms with Gasteiger partial charge in [0.25, 0.3) is 0 Å². The summed E-state index contributed by atoms with van der Waals surface area (Å²) >= 11 is 0.770. The van der Waals surface area contributed by atoms with Crippen LogP contribution in [0.25, 0.3) is 0 Å². The van der Waals surface area contributed by atoms with E-state index in [4.69, 9.17) is 0 Å². The van der Waals surface area contributed by atoms with Crippen LogP contribution >= 0.6 is 11.5 Å². The van der Waals surface area contributed by atoms with Crippen molar-refractivity contribution in [2.45, 2.75) is 38.8 Å². The molecule has 0 radical (unpaired) electrons. The fraction of sp³-hybridized carbons (Fsp3) is 0.800. The number of alkyl halides is 3. The van der Waals surface area contributed by atoms with E-state index in [1.807, 2.05) is 0 Å². The Labute approximate surface area is 102 Å². The molecule has 1 saturated carbocycles. The van der Waals surface area contributed by atoms with Crippen LogP contribution in [0.5, 0.6) is 0 Å². The summed E-state index contributed by atoms with van der Waals surface area (Å²) in [5.41, 5.74) is 0.254. The molecule has 7 heteroatoms. The molecule has 17 heavy (non-hydrogen) atoms. The highest BCUT2D eigenvalue weighted by atomic mass is 32.1. The molecular weight excluding hydrogens is 251 g/mol. The third kappa shape index (κ3) is 2.70. The number of halogens is 3. The lowest BCUT2D eigenvalue weighted by Crippen LogP contribution is -2.35. The van der Waals surface area contributed by atoms with Gasteiger partial charge in [0.05, 0.1) is 0 Å². The van der Waals surface area contributed by atoms with E-state index in [9.17, 15) is 13.2 Å². The molecule has 0 amide bonds. The van der Waals surface area contributed by atoms with Gasteiger partial charge in [-0.05, 0) is 24.7 Å². The predicted octanol–water partition coefficient (Wildman–Crippen LogP) is 3.55. The Morgan fingerprint density at radius 2 is 2.12 bits per heavy atom. The van der Waals surface area contributed by atoms with Crippen LogP contribution in [-0.2, 0) is 6.18 Å². The summed E-state index contributed by atoms with van der Waals surface area (Å²) < 4.78 is 40.1. The van der Waals surface area contributed by atoms with Crippen molar-refractivity contribution in [3.63, 3.8) is 0 Å². The SMILES string of the molecule is CCC1(CNc2nc(C(F)(F)F)ns2)CCC1. The maximum absolute atomic E-state index is 12.3. The lowest BCUT2D eigenvalue weighted by Gasteiger charge is -2.41. The van der Waals surface area contributed by atoms with Crippen LogP contribution in [0.4, 0.5) is 18.3 Å². The number of nitrogens with one attached hydrogen (secondary N) is 1. The van der Waals surface area contributed by atoms with E-state index >= 15 is 0 Å². The van der Waals surface area contributed by atoms with Crippen molar-refractivity contribution < 1.29 is 13.2 Å². The molecule has 1 aromatic rings. The molecule has 1 aromatic heterocycles. The predicted molar refractivity (Wildman–Crippen MR) is 60.0 cm³/mol. The second kappa shape index (κ2) is 4.44. The molecule has 0 bridgehead atoms. The van der Waals surface area contributed by atoms with E-state index in [1.54, 1.807) is 0 Å². The summed E-state index contributed by atoms with van der Waals surface area (Å²) in [5.74, 6) is -1.05. The second-order valence-electron chi connectivity index (χ2n) is 4.48. The molecule has 0 unspecified atom stereocenters. The Morgan fingerprint density at radius 1 is 1.41 bits per heavy atom. The van der Waals surface area contributed by atoms with Gasteiger partial charge >= 0.3 is 6.18 Å². The molecule has 96 valence electrons. The molecule has 0 saturated heterocycles. The zero-order valence-electron chi connectivity index (χ0n) is 9.47. The van der Waals surface area contributed by atoms with E-state index in [1.165, 1.54) is 6.42 Å². The third-order valence-electron chi connectivity index (χ3n) is 3.46. The Morgan fingerprint density at radius 3 is 2.53 bits per heavy atom. The van der Waals surface area contributed by atoms with Crippen LogP contribution < -0.4 is 5.32 Å². The molecule has 0 aliphatic heterocycles. The smallest absolute Gasteiger partial charge is 0.360 e. The number of rotatable bonds is 4. The molecule has 1 aliphatic carbocycles. The van der Waals surface area contributed by atoms with Crippen molar-refractivity contribution in [3.05, 3.63) is 5.82 Å². The molecule has 1 heterocycles. The van der Waals surface area contributed by atoms with Gasteiger partial charge in [-0.15, -0.1) is 0 Å². The van der Waals surface area contributed by atoms with Gasteiger partial charge in [-0.1, -0.05) is 13.3 Å². The first-order valence-corrected chi connectivity index (χ1v) is 6.37. The van der Waals surface area contributed by atoms with Gasteiger partial charge in [0.15, 0.2) is 0 Å². The van der Waals surface area contributed by atoms with E-state index in [2.05, 4.69) is 21.6 Å². The van der Waals surface area contributed by atoms with Crippen molar-refractivity contribution in [2.75, 3.05) is 11.9 Å². The minimum atomic E-state index is -4.45. The minimum absolute atomic E-state index is 0.254. The molecule has 0 spiro atoms. The zero-order valence-corrected chi connectivity index (χ0v) is 10.3. The van der Waals surface area contributed by atoms with Gasteiger partial charge in [0.1, 0.15) is 0 Å². The summed E-state index contributed by atoms with van der Waals surface area (Å²) in [7, 11) is 0. The standard InChI is InChI=1S/C10H14F3N3S/c1-2-9(4-3-5-9)6-14-8-15-7(16-17-8)10(11,12)13/h2-6H2,1H3,(H,14,15,16). The molecule has 3 nitrogen and oxygen atoms in total. The lowest BCUT2D eigenvalue weighted by atomic mass is 9.67. The van der Waals surface area contributed by atoms with E-state index in [-0.39, 0.29) is 10.5 Å². The highest BCUT2D eigenvalue weighted by Crippen LogP contribution is 2.43. The van der Waals surface area contributed by atoms with Crippen LogP contribution in [0, 0.1) is 5.41 Å². The normalized spacial score (nSPS) is 18.8. The average molecular weight is 265 g/mol. The third-order valence-corrected chi connectivity index (χ3v) is 4.13. The summed E-state index contributed by atoms with van der Waals surface area (Å²) in [6.45, 7) is 2.80. The molecular formula is C10H14F3N3S. The number of hydrogen-bond acceptors (Lipinski definition) is 4. The Kier molecular flexibility index (Phi) is 3.29. The van der Waals surface area contributed by atoms with Gasteiger partial charge in [0, 0.05) is 18.1 Å². The quantitative estimate of drug-likeness (QED) is 0.904. The molecule has 1 fully saturated rings. The molecule has 1 N–H and O–H groups in total. The topological polar surface area (TPSA) is 37.8 Å². The monoisotopic (exact) mass is 265 g/mol. The highest BCUT2D eigenvalue weighted by molar-refractivity contribution is 7.09. The summed E-state index contributed by atoms with van der Waals surface area (Å²) in [6, 6.07) is 0. The molecule has 0 aromatic carbocycles. The Bertz CT molecular complexity index is 379. The largest absolute Gasteiger partial charge is 0.452 e. The first-order chi connectivity index (χ1) is 7.95. The van der Waals surface area contributed by atoms with Gasteiger partial charge in [-0.2, -0.15) is 22.5 Å². The van der Waals surface area contributed by atoms with Crippen LogP contribution in [0.1, 0.15) is 38.4 Å². The summed E-state index contributed by atoms with van der Waals surface area (Å²) in [4.78, 5) is 3.45. The number of anilines is 1. The molecule has 1 aliphatic rings. The van der Waals surface area contributed by atoms with Gasteiger partial charge in [-0.25, -0.2) is 0 Å². The summed E-state index contributed by atoms with van der Waals surface area (Å²) in [5, 5.41) is 3.24. The van der Waals surface area contributed by atoms with Crippen molar-refractivity contribution in [2.24, 2.45) is 5.41 Å². The van der Waals surface area contributed by atoms with E-state index < -0.39 is 12.0 Å². The maximum atomic E-state index is 12.3. The van der Waals surface area contributed by atoms with Crippen molar-refractivity contribution >= 4 is 16.7 Å². The van der Waals surface area contributed by atoms with Crippen LogP contribution in [0.15, 0.2) is 0 Å². The average Bonchev–Trinajstić information content (AvgIpc) is 2.65. The minimum Gasteiger partial charge on any atom is -0.360 e. The van der Waals surface area contributed by atoms with Crippen LogP contribution in [-0.4, -0.2) is 15.9 Å². The Balaban J connectivity index is 1.93. The number of hydrogen-bond donors (Lipinski definition) is 1. The van der Waals surface area contributed by atoms with Gasteiger partial charge in [0.2, 0.25) is 11.0 Å². The zero-order chi connectivity index (χ0) is 12.5. The maximum Gasteiger partial charge on any atom is 0.452 e. The number of aromatic nitrogens is 2. The van der Waals surface area contributed by atoms with Crippen LogP contribution in [0.3, 0.4) is 0 Å².